The zero-order valence-corrected chi connectivity index (χ0v) is 12.6. The van der Waals surface area contributed by atoms with Gasteiger partial charge >= 0.3 is 0 Å². The normalized spacial score (nSPS) is 13.0. The molecule has 2 N–H and O–H groups in total. The number of nitrogens with two attached hydrogens (primary N) is 1. The van der Waals surface area contributed by atoms with Crippen molar-refractivity contribution < 1.29 is 8.81 Å². The van der Waals surface area contributed by atoms with Gasteiger partial charge in [-0.05, 0) is 48.0 Å². The summed E-state index contributed by atoms with van der Waals surface area (Å²) in [7, 11) is 0. The molecular weight excluding hydrogens is 325 g/mol. The second-order valence-electron chi connectivity index (χ2n) is 4.72. The van der Waals surface area contributed by atoms with Gasteiger partial charge in [-0.2, -0.15) is 0 Å². The van der Waals surface area contributed by atoms with Crippen LogP contribution < -0.4 is 5.73 Å². The van der Waals surface area contributed by atoms with E-state index in [0.717, 1.165) is 11.5 Å². The van der Waals surface area contributed by atoms with Crippen LogP contribution in [0.5, 0.6) is 0 Å². The van der Waals surface area contributed by atoms with Gasteiger partial charge < -0.3 is 10.2 Å². The molecule has 0 bridgehead atoms. The third kappa shape index (κ3) is 2.00. The fourth-order valence-corrected chi connectivity index (χ4v) is 2.65. The van der Waals surface area contributed by atoms with Gasteiger partial charge in [-0.25, -0.2) is 9.37 Å². The highest BCUT2D eigenvalue weighted by Crippen LogP contribution is 2.30. The zero-order valence-electron chi connectivity index (χ0n) is 11.0. The van der Waals surface area contributed by atoms with Crippen molar-refractivity contribution in [1.29, 1.82) is 0 Å². The Balaban J connectivity index is 2.20. The van der Waals surface area contributed by atoms with E-state index in [0.29, 0.717) is 21.5 Å². The lowest BCUT2D eigenvalue weighted by Crippen LogP contribution is -2.09. The molecule has 1 unspecified atom stereocenters. The van der Waals surface area contributed by atoms with E-state index in [9.17, 15) is 4.39 Å². The van der Waals surface area contributed by atoms with Gasteiger partial charge in [-0.3, -0.25) is 4.57 Å². The molecule has 0 aliphatic rings. The minimum absolute atomic E-state index is 0.158. The SMILES string of the molecule is Cc1ccc(C(C)n2c(N)nc3cc(Br)c(F)cc32)o1. The predicted octanol–water partition coefficient (Wildman–Crippen LogP) is 4.03. The van der Waals surface area contributed by atoms with Crippen LogP contribution in [0.4, 0.5) is 10.3 Å². The van der Waals surface area contributed by atoms with Crippen molar-refractivity contribution in [3.63, 3.8) is 0 Å². The minimum atomic E-state index is -0.346. The fourth-order valence-electron chi connectivity index (χ4n) is 2.32. The van der Waals surface area contributed by atoms with E-state index >= 15 is 0 Å². The Bertz CT molecular complexity index is 793. The summed E-state index contributed by atoms with van der Waals surface area (Å²) >= 11 is 3.15. The maximum absolute atomic E-state index is 13.8. The lowest BCUT2D eigenvalue weighted by Gasteiger charge is -2.13. The molecule has 20 heavy (non-hydrogen) atoms. The summed E-state index contributed by atoms with van der Waals surface area (Å²) in [6.45, 7) is 3.82. The fraction of sp³-hybridized carbons (Fsp3) is 0.214. The number of furan rings is 1. The molecule has 0 radical (unpaired) electrons. The van der Waals surface area contributed by atoms with Crippen molar-refractivity contribution in [2.75, 3.05) is 5.73 Å². The second-order valence-corrected chi connectivity index (χ2v) is 5.57. The monoisotopic (exact) mass is 337 g/mol. The van der Waals surface area contributed by atoms with Crippen LogP contribution in [-0.2, 0) is 0 Å². The molecule has 4 nitrogen and oxygen atoms in total. The Labute approximate surface area is 123 Å². The van der Waals surface area contributed by atoms with E-state index in [2.05, 4.69) is 20.9 Å². The number of halogens is 2. The van der Waals surface area contributed by atoms with Crippen LogP contribution >= 0.6 is 15.9 Å². The van der Waals surface area contributed by atoms with E-state index < -0.39 is 0 Å². The van der Waals surface area contributed by atoms with Crippen molar-refractivity contribution in [1.82, 2.24) is 9.55 Å². The highest BCUT2D eigenvalue weighted by molar-refractivity contribution is 9.10. The molecule has 6 heteroatoms. The lowest BCUT2D eigenvalue weighted by molar-refractivity contribution is 0.435. The Morgan fingerprint density at radius 1 is 1.40 bits per heavy atom. The number of imidazole rings is 1. The van der Waals surface area contributed by atoms with Gasteiger partial charge in [-0.15, -0.1) is 0 Å². The Morgan fingerprint density at radius 3 is 2.80 bits per heavy atom. The Kier molecular flexibility index (Phi) is 3.05. The quantitative estimate of drug-likeness (QED) is 0.767. The molecule has 1 atom stereocenters. The van der Waals surface area contributed by atoms with Crippen molar-refractivity contribution in [2.24, 2.45) is 0 Å². The molecule has 104 valence electrons. The summed E-state index contributed by atoms with van der Waals surface area (Å²) in [5.74, 6) is 1.57. The third-order valence-electron chi connectivity index (χ3n) is 3.32. The average Bonchev–Trinajstić information content (AvgIpc) is 2.93. The molecule has 0 saturated heterocycles. The molecule has 0 spiro atoms. The maximum atomic E-state index is 13.8. The maximum Gasteiger partial charge on any atom is 0.201 e. The number of fused-ring (bicyclic) bond motifs is 1. The Morgan fingerprint density at radius 2 is 2.15 bits per heavy atom. The van der Waals surface area contributed by atoms with Crippen LogP contribution in [0.15, 0.2) is 33.2 Å². The first-order chi connectivity index (χ1) is 9.47. The summed E-state index contributed by atoms with van der Waals surface area (Å²) < 4.78 is 21.5. The molecule has 3 aromatic rings. The van der Waals surface area contributed by atoms with Gasteiger partial charge in [-0.1, -0.05) is 0 Å². The first-order valence-corrected chi connectivity index (χ1v) is 6.95. The summed E-state index contributed by atoms with van der Waals surface area (Å²) in [6.07, 6.45) is 0. The number of rotatable bonds is 2. The van der Waals surface area contributed by atoms with E-state index in [1.807, 2.05) is 26.0 Å². The highest BCUT2D eigenvalue weighted by Gasteiger charge is 2.19. The molecule has 0 amide bonds. The second kappa shape index (κ2) is 4.63. The van der Waals surface area contributed by atoms with Gasteiger partial charge in [0.05, 0.1) is 21.5 Å². The minimum Gasteiger partial charge on any atom is -0.464 e. The van der Waals surface area contributed by atoms with E-state index in [-0.39, 0.29) is 11.9 Å². The summed E-state index contributed by atoms with van der Waals surface area (Å²) in [5, 5.41) is 0. The molecule has 0 aliphatic carbocycles. The van der Waals surface area contributed by atoms with E-state index in [1.165, 1.54) is 6.07 Å². The van der Waals surface area contributed by atoms with E-state index in [1.54, 1.807) is 10.6 Å². The van der Waals surface area contributed by atoms with Gasteiger partial charge in [0.25, 0.3) is 0 Å². The predicted molar refractivity (Wildman–Crippen MR) is 79.1 cm³/mol. The van der Waals surface area contributed by atoms with Crippen LogP contribution in [0.3, 0.4) is 0 Å². The molecule has 0 saturated carbocycles. The number of aryl methyl sites for hydroxylation is 1. The smallest absolute Gasteiger partial charge is 0.201 e. The molecular formula is C14H13BrFN3O. The first-order valence-electron chi connectivity index (χ1n) is 6.16. The highest BCUT2D eigenvalue weighted by atomic mass is 79.9. The van der Waals surface area contributed by atoms with E-state index in [4.69, 9.17) is 10.2 Å². The molecule has 0 fully saturated rings. The topological polar surface area (TPSA) is 57.0 Å². The first kappa shape index (κ1) is 13.2. The third-order valence-corrected chi connectivity index (χ3v) is 3.93. The van der Waals surface area contributed by atoms with Crippen molar-refractivity contribution in [3.8, 4) is 0 Å². The van der Waals surface area contributed by atoms with Gasteiger partial charge in [0, 0.05) is 6.07 Å². The molecule has 0 aliphatic heterocycles. The largest absolute Gasteiger partial charge is 0.464 e. The van der Waals surface area contributed by atoms with Gasteiger partial charge in [0.1, 0.15) is 17.3 Å². The summed E-state index contributed by atoms with van der Waals surface area (Å²) in [5.41, 5.74) is 7.26. The average molecular weight is 338 g/mol. The molecule has 1 aromatic carbocycles. The molecule has 2 heterocycles. The Hall–Kier alpha value is -1.82. The number of nitrogens with zero attached hydrogens (tertiary/aromatic N) is 2. The number of hydrogen-bond acceptors (Lipinski definition) is 3. The van der Waals surface area contributed by atoms with Crippen LogP contribution in [0.25, 0.3) is 11.0 Å². The van der Waals surface area contributed by atoms with Crippen molar-refractivity contribution in [2.45, 2.75) is 19.9 Å². The molecule has 3 rings (SSSR count). The lowest BCUT2D eigenvalue weighted by atomic mass is 10.2. The van der Waals surface area contributed by atoms with Crippen molar-refractivity contribution in [3.05, 3.63) is 46.1 Å². The zero-order chi connectivity index (χ0) is 14.4. The summed E-state index contributed by atoms with van der Waals surface area (Å²) in [6, 6.07) is 6.67. The van der Waals surface area contributed by atoms with Gasteiger partial charge in [0.15, 0.2) is 0 Å². The van der Waals surface area contributed by atoms with Crippen LogP contribution in [0, 0.1) is 12.7 Å². The number of benzene rings is 1. The van der Waals surface area contributed by atoms with Gasteiger partial charge in [0.2, 0.25) is 5.95 Å². The summed E-state index contributed by atoms with van der Waals surface area (Å²) in [4.78, 5) is 4.27. The van der Waals surface area contributed by atoms with Crippen LogP contribution in [0.1, 0.15) is 24.5 Å². The number of aromatic nitrogens is 2. The van der Waals surface area contributed by atoms with Crippen LogP contribution in [0.2, 0.25) is 0 Å². The number of anilines is 1. The standard InChI is InChI=1S/C14H13BrFN3O/c1-7-3-4-13(20-7)8(2)19-12-6-10(16)9(15)5-11(12)18-14(19)17/h3-6,8H,1-2H3,(H2,17,18). The van der Waals surface area contributed by atoms with Crippen LogP contribution in [-0.4, -0.2) is 9.55 Å². The van der Waals surface area contributed by atoms with Crippen molar-refractivity contribution >= 4 is 32.9 Å². The molecule has 2 aromatic heterocycles. The number of nitrogen functional groups attached to an aromatic ring is 1. The number of hydrogen-bond donors (Lipinski definition) is 1.